The summed E-state index contributed by atoms with van der Waals surface area (Å²) in [4.78, 5) is 11.2. The number of rotatable bonds is 3. The van der Waals surface area contributed by atoms with Crippen molar-refractivity contribution < 1.29 is 14.6 Å². The number of benzene rings is 2. The van der Waals surface area contributed by atoms with Crippen LogP contribution < -0.4 is 4.74 Å². The van der Waals surface area contributed by atoms with Crippen LogP contribution in [0.1, 0.15) is 15.9 Å². The Hall–Kier alpha value is -1.52. The number of hydrogen-bond acceptors (Lipinski definition) is 2. The number of carboxylic acid groups (broad SMARTS) is 1. The maximum Gasteiger partial charge on any atom is 0.339 e. The van der Waals surface area contributed by atoms with Gasteiger partial charge >= 0.3 is 5.97 Å². The topological polar surface area (TPSA) is 46.5 Å². The van der Waals surface area contributed by atoms with Crippen LogP contribution in [0.2, 0.25) is 5.02 Å². The largest absolute Gasteiger partial charge is 0.478 e. The molecule has 0 radical (unpaired) electrons. The predicted molar refractivity (Wildman–Crippen MR) is 77.4 cm³/mol. The molecular weight excluding hydrogens is 332 g/mol. The number of aryl methyl sites for hydroxylation is 1. The van der Waals surface area contributed by atoms with Gasteiger partial charge in [-0.15, -0.1) is 0 Å². The van der Waals surface area contributed by atoms with Crippen LogP contribution in [-0.4, -0.2) is 11.1 Å². The quantitative estimate of drug-likeness (QED) is 0.863. The van der Waals surface area contributed by atoms with Crippen molar-refractivity contribution in [1.29, 1.82) is 0 Å². The van der Waals surface area contributed by atoms with E-state index in [0.717, 1.165) is 5.56 Å². The minimum absolute atomic E-state index is 0.0991. The van der Waals surface area contributed by atoms with Crippen molar-refractivity contribution in [2.45, 2.75) is 6.92 Å². The van der Waals surface area contributed by atoms with Gasteiger partial charge in [0.15, 0.2) is 0 Å². The fraction of sp³-hybridized carbons (Fsp3) is 0.0714. The molecular formula is C14H10BrClO3. The normalized spacial score (nSPS) is 10.3. The first-order valence-electron chi connectivity index (χ1n) is 5.44. The van der Waals surface area contributed by atoms with E-state index in [1.165, 1.54) is 6.07 Å². The lowest BCUT2D eigenvalue weighted by molar-refractivity contribution is 0.0694. The standard InChI is InChI=1S/C14H10BrClO3/c1-8-6-10(3-4-12(8)16)19-13-5-2-9(15)7-11(13)14(17)18/h2-7H,1H3,(H,17,18). The first kappa shape index (κ1) is 13.9. The van der Waals surface area contributed by atoms with Crippen LogP contribution in [0.15, 0.2) is 40.9 Å². The minimum atomic E-state index is -1.04. The zero-order valence-corrected chi connectivity index (χ0v) is 12.3. The monoisotopic (exact) mass is 340 g/mol. The number of ether oxygens (including phenoxy) is 1. The molecule has 98 valence electrons. The summed E-state index contributed by atoms with van der Waals surface area (Å²) in [6.45, 7) is 1.86. The summed E-state index contributed by atoms with van der Waals surface area (Å²) in [6.07, 6.45) is 0. The molecule has 2 aromatic rings. The molecule has 0 spiro atoms. The second kappa shape index (κ2) is 5.63. The van der Waals surface area contributed by atoms with E-state index in [9.17, 15) is 4.79 Å². The lowest BCUT2D eigenvalue weighted by Gasteiger charge is -2.10. The maximum atomic E-state index is 11.2. The molecule has 0 fully saturated rings. The molecule has 19 heavy (non-hydrogen) atoms. The van der Waals surface area contributed by atoms with Gasteiger partial charge in [-0.3, -0.25) is 0 Å². The third-order valence-electron chi connectivity index (χ3n) is 2.53. The van der Waals surface area contributed by atoms with Gasteiger partial charge in [0.2, 0.25) is 0 Å². The van der Waals surface area contributed by atoms with Crippen LogP contribution in [0.25, 0.3) is 0 Å². The molecule has 0 saturated carbocycles. The molecule has 5 heteroatoms. The van der Waals surface area contributed by atoms with Crippen molar-refractivity contribution in [1.82, 2.24) is 0 Å². The zero-order chi connectivity index (χ0) is 14.0. The molecule has 0 aliphatic heterocycles. The first-order chi connectivity index (χ1) is 8.97. The summed E-state index contributed by atoms with van der Waals surface area (Å²) >= 11 is 9.17. The maximum absolute atomic E-state index is 11.2. The van der Waals surface area contributed by atoms with Gasteiger partial charge in [-0.05, 0) is 48.9 Å². The Labute approximate surface area is 123 Å². The molecule has 0 aromatic heterocycles. The van der Waals surface area contributed by atoms with E-state index < -0.39 is 5.97 Å². The van der Waals surface area contributed by atoms with Crippen molar-refractivity contribution in [3.05, 3.63) is 57.0 Å². The van der Waals surface area contributed by atoms with E-state index in [2.05, 4.69) is 15.9 Å². The summed E-state index contributed by atoms with van der Waals surface area (Å²) in [7, 11) is 0. The van der Waals surface area contributed by atoms with E-state index in [4.69, 9.17) is 21.4 Å². The molecule has 0 heterocycles. The third kappa shape index (κ3) is 3.28. The van der Waals surface area contributed by atoms with Crippen molar-refractivity contribution in [3.63, 3.8) is 0 Å². The highest BCUT2D eigenvalue weighted by Gasteiger charge is 2.13. The molecule has 0 amide bonds. The molecule has 0 unspecified atom stereocenters. The Bertz CT molecular complexity index is 641. The Morgan fingerprint density at radius 2 is 2.00 bits per heavy atom. The number of carboxylic acids is 1. The summed E-state index contributed by atoms with van der Waals surface area (Å²) < 4.78 is 6.29. The zero-order valence-electron chi connectivity index (χ0n) is 9.98. The van der Waals surface area contributed by atoms with Gasteiger partial charge < -0.3 is 9.84 Å². The van der Waals surface area contributed by atoms with Gasteiger partial charge in [0, 0.05) is 9.50 Å². The minimum Gasteiger partial charge on any atom is -0.478 e. The molecule has 2 rings (SSSR count). The van der Waals surface area contributed by atoms with Crippen LogP contribution in [0.3, 0.4) is 0 Å². The van der Waals surface area contributed by atoms with Gasteiger partial charge in [0.1, 0.15) is 17.1 Å². The summed E-state index contributed by atoms with van der Waals surface area (Å²) in [5.74, 6) is -0.203. The molecule has 0 aliphatic rings. The highest BCUT2D eigenvalue weighted by molar-refractivity contribution is 9.10. The third-order valence-corrected chi connectivity index (χ3v) is 3.45. The molecule has 0 saturated heterocycles. The van der Waals surface area contributed by atoms with Gasteiger partial charge in [-0.2, -0.15) is 0 Å². The number of halogens is 2. The SMILES string of the molecule is Cc1cc(Oc2ccc(Br)cc2C(=O)O)ccc1Cl. The lowest BCUT2D eigenvalue weighted by atomic mass is 10.2. The summed E-state index contributed by atoms with van der Waals surface area (Å²) in [6, 6.07) is 10.0. The van der Waals surface area contributed by atoms with Crippen LogP contribution in [0.4, 0.5) is 0 Å². The molecule has 1 N–H and O–H groups in total. The number of carbonyl (C=O) groups is 1. The number of hydrogen-bond donors (Lipinski definition) is 1. The Morgan fingerprint density at radius 1 is 1.26 bits per heavy atom. The van der Waals surface area contributed by atoms with Gasteiger partial charge in [0.25, 0.3) is 0 Å². The molecule has 0 atom stereocenters. The van der Waals surface area contributed by atoms with Crippen molar-refractivity contribution in [3.8, 4) is 11.5 Å². The fourth-order valence-electron chi connectivity index (χ4n) is 1.57. The second-order valence-corrected chi connectivity index (χ2v) is 5.28. The van der Waals surface area contributed by atoms with Crippen LogP contribution in [0.5, 0.6) is 11.5 Å². The highest BCUT2D eigenvalue weighted by atomic mass is 79.9. The summed E-state index contributed by atoms with van der Waals surface area (Å²) in [5, 5.41) is 9.79. The Balaban J connectivity index is 2.37. The van der Waals surface area contributed by atoms with E-state index in [0.29, 0.717) is 15.2 Å². The molecule has 2 aromatic carbocycles. The van der Waals surface area contributed by atoms with E-state index in [-0.39, 0.29) is 11.3 Å². The fourth-order valence-corrected chi connectivity index (χ4v) is 2.04. The highest BCUT2D eigenvalue weighted by Crippen LogP contribution is 2.30. The molecule has 0 aliphatic carbocycles. The average Bonchev–Trinajstić information content (AvgIpc) is 2.36. The van der Waals surface area contributed by atoms with E-state index in [1.807, 2.05) is 6.92 Å². The van der Waals surface area contributed by atoms with E-state index in [1.54, 1.807) is 30.3 Å². The summed E-state index contributed by atoms with van der Waals surface area (Å²) in [5.41, 5.74) is 0.968. The van der Waals surface area contributed by atoms with Crippen molar-refractivity contribution >= 4 is 33.5 Å². The smallest absolute Gasteiger partial charge is 0.339 e. The second-order valence-electron chi connectivity index (χ2n) is 3.96. The molecule has 3 nitrogen and oxygen atoms in total. The van der Waals surface area contributed by atoms with Crippen LogP contribution >= 0.6 is 27.5 Å². The predicted octanol–water partition coefficient (Wildman–Crippen LogP) is 4.90. The Morgan fingerprint density at radius 3 is 2.63 bits per heavy atom. The average molecular weight is 342 g/mol. The van der Waals surface area contributed by atoms with Gasteiger partial charge in [0.05, 0.1) is 0 Å². The van der Waals surface area contributed by atoms with Crippen LogP contribution in [0, 0.1) is 6.92 Å². The van der Waals surface area contributed by atoms with Crippen LogP contribution in [-0.2, 0) is 0 Å². The number of aromatic carboxylic acids is 1. The van der Waals surface area contributed by atoms with Crippen molar-refractivity contribution in [2.75, 3.05) is 0 Å². The van der Waals surface area contributed by atoms with Crippen molar-refractivity contribution in [2.24, 2.45) is 0 Å². The first-order valence-corrected chi connectivity index (χ1v) is 6.61. The van der Waals surface area contributed by atoms with E-state index >= 15 is 0 Å². The molecule has 0 bridgehead atoms. The van der Waals surface area contributed by atoms with Gasteiger partial charge in [-0.1, -0.05) is 27.5 Å². The Kier molecular flexibility index (Phi) is 4.12. The van der Waals surface area contributed by atoms with Gasteiger partial charge in [-0.25, -0.2) is 4.79 Å². The lowest BCUT2D eigenvalue weighted by Crippen LogP contribution is -2.00.